The molecule has 2 aliphatic rings. The maximum Gasteiger partial charge on any atom is 0.251 e. The molecule has 8 nitrogen and oxygen atoms in total. The molecule has 1 spiro atoms. The molecule has 2 heterocycles. The highest BCUT2D eigenvalue weighted by Gasteiger charge is 2.53. The van der Waals surface area contributed by atoms with Gasteiger partial charge in [-0.3, -0.25) is 19.3 Å². The van der Waals surface area contributed by atoms with Crippen molar-refractivity contribution in [3.8, 4) is 11.5 Å². The summed E-state index contributed by atoms with van der Waals surface area (Å²) >= 11 is 0. The topological polar surface area (TPSA) is 91.0 Å². The highest BCUT2D eigenvalue weighted by atomic mass is 16.5. The van der Waals surface area contributed by atoms with Gasteiger partial charge in [0, 0.05) is 45.2 Å². The molecule has 3 aromatic rings. The van der Waals surface area contributed by atoms with Crippen molar-refractivity contribution in [3.63, 3.8) is 0 Å². The van der Waals surface area contributed by atoms with Crippen LogP contribution in [0, 0.1) is 0 Å². The molecule has 0 aromatic heterocycles. The molecule has 0 aliphatic carbocycles. The van der Waals surface area contributed by atoms with Crippen molar-refractivity contribution in [2.24, 2.45) is 0 Å². The molecule has 1 unspecified atom stereocenters. The standard InChI is InChI=1S/C34H40N4O4/c1-3-4-20-38-32(40)30(23-25-8-6-5-7-9-25)36-33(41)34(38)18-21-37(22-19-34)24-26-10-14-28(15-11-26)42-29-16-12-27(13-17-29)31(39)35-2/h5-17,30H,3-4,18-24H2,1-2H3,(H,35,39)(H,36,41). The van der Waals surface area contributed by atoms with E-state index in [2.05, 4.69) is 34.6 Å². The number of hydrogen-bond acceptors (Lipinski definition) is 5. The molecule has 8 heteroatoms. The summed E-state index contributed by atoms with van der Waals surface area (Å²) in [7, 11) is 1.61. The highest BCUT2D eigenvalue weighted by Crippen LogP contribution is 2.34. The van der Waals surface area contributed by atoms with E-state index in [1.54, 1.807) is 31.3 Å². The van der Waals surface area contributed by atoms with Crippen molar-refractivity contribution < 1.29 is 19.1 Å². The lowest BCUT2D eigenvalue weighted by Crippen LogP contribution is -2.73. The first kappa shape index (κ1) is 29.3. The second kappa shape index (κ2) is 13.2. The van der Waals surface area contributed by atoms with Gasteiger partial charge in [0.15, 0.2) is 0 Å². The Morgan fingerprint density at radius 1 is 0.929 bits per heavy atom. The number of nitrogens with one attached hydrogen (secondary N) is 2. The molecule has 0 saturated carbocycles. The van der Waals surface area contributed by atoms with Crippen LogP contribution in [0.5, 0.6) is 11.5 Å². The van der Waals surface area contributed by atoms with Gasteiger partial charge in [0.1, 0.15) is 23.1 Å². The molecule has 2 fully saturated rings. The van der Waals surface area contributed by atoms with Gasteiger partial charge < -0.3 is 20.3 Å². The van der Waals surface area contributed by atoms with Crippen molar-refractivity contribution in [3.05, 3.63) is 95.6 Å². The normalized spacial score (nSPS) is 18.5. The quantitative estimate of drug-likeness (QED) is 0.375. The van der Waals surface area contributed by atoms with Crippen LogP contribution in [0.2, 0.25) is 0 Å². The maximum absolute atomic E-state index is 13.7. The number of unbranched alkanes of at least 4 members (excludes halogenated alkanes) is 1. The summed E-state index contributed by atoms with van der Waals surface area (Å²) in [4.78, 5) is 43.4. The Labute approximate surface area is 248 Å². The van der Waals surface area contributed by atoms with Gasteiger partial charge in [0.05, 0.1) is 0 Å². The number of carbonyl (C=O) groups excluding carboxylic acids is 3. The lowest BCUT2D eigenvalue weighted by molar-refractivity contribution is -0.161. The molecule has 1 atom stereocenters. The third kappa shape index (κ3) is 6.49. The fourth-order valence-corrected chi connectivity index (χ4v) is 5.96. The van der Waals surface area contributed by atoms with E-state index in [1.807, 2.05) is 47.4 Å². The minimum Gasteiger partial charge on any atom is -0.457 e. The summed E-state index contributed by atoms with van der Waals surface area (Å²) in [6.07, 6.45) is 3.61. The third-order valence-electron chi connectivity index (χ3n) is 8.42. The number of piperidine rings is 1. The summed E-state index contributed by atoms with van der Waals surface area (Å²) in [6.45, 7) is 4.97. The van der Waals surface area contributed by atoms with E-state index in [1.165, 1.54) is 0 Å². The summed E-state index contributed by atoms with van der Waals surface area (Å²) in [5.74, 6) is 1.28. The zero-order valence-electron chi connectivity index (χ0n) is 24.5. The van der Waals surface area contributed by atoms with Gasteiger partial charge in [-0.25, -0.2) is 0 Å². The molecular formula is C34H40N4O4. The number of carbonyl (C=O) groups is 3. The first-order chi connectivity index (χ1) is 20.4. The number of piperazine rings is 1. The van der Waals surface area contributed by atoms with Crippen molar-refractivity contribution in [1.29, 1.82) is 0 Å². The number of benzene rings is 3. The Balaban J connectivity index is 1.19. The summed E-state index contributed by atoms with van der Waals surface area (Å²) < 4.78 is 5.95. The van der Waals surface area contributed by atoms with Crippen LogP contribution in [0.4, 0.5) is 0 Å². The van der Waals surface area contributed by atoms with Crippen LogP contribution in [0.3, 0.4) is 0 Å². The average Bonchev–Trinajstić information content (AvgIpc) is 3.02. The predicted octanol–water partition coefficient (Wildman–Crippen LogP) is 4.54. The predicted molar refractivity (Wildman–Crippen MR) is 162 cm³/mol. The highest BCUT2D eigenvalue weighted by molar-refractivity contribution is 6.00. The van der Waals surface area contributed by atoms with Gasteiger partial charge in [-0.1, -0.05) is 55.8 Å². The molecule has 2 saturated heterocycles. The molecule has 2 N–H and O–H groups in total. The van der Waals surface area contributed by atoms with Crippen molar-refractivity contribution in [1.82, 2.24) is 20.4 Å². The van der Waals surface area contributed by atoms with Crippen LogP contribution in [-0.2, 0) is 22.6 Å². The van der Waals surface area contributed by atoms with Crippen LogP contribution in [0.15, 0.2) is 78.9 Å². The van der Waals surface area contributed by atoms with Gasteiger partial charge in [-0.05, 0) is 66.8 Å². The van der Waals surface area contributed by atoms with Crippen LogP contribution in [0.25, 0.3) is 0 Å². The summed E-state index contributed by atoms with van der Waals surface area (Å²) in [6, 6.07) is 24.4. The monoisotopic (exact) mass is 568 g/mol. The number of likely N-dealkylation sites (tertiary alicyclic amines) is 1. The van der Waals surface area contributed by atoms with Crippen LogP contribution in [0.1, 0.15) is 54.1 Å². The molecule has 3 aromatic carbocycles. The lowest BCUT2D eigenvalue weighted by Gasteiger charge is -2.51. The molecule has 0 bridgehead atoms. The zero-order chi connectivity index (χ0) is 29.5. The van der Waals surface area contributed by atoms with E-state index in [0.717, 1.165) is 49.4 Å². The number of rotatable bonds is 10. The van der Waals surface area contributed by atoms with E-state index in [4.69, 9.17) is 4.74 Å². The largest absolute Gasteiger partial charge is 0.457 e. The summed E-state index contributed by atoms with van der Waals surface area (Å²) in [5.41, 5.74) is 2.01. The van der Waals surface area contributed by atoms with Gasteiger partial charge in [-0.15, -0.1) is 0 Å². The Bertz CT molecular complexity index is 1370. The average molecular weight is 569 g/mol. The second-order valence-corrected chi connectivity index (χ2v) is 11.2. The van der Waals surface area contributed by atoms with E-state index in [9.17, 15) is 14.4 Å². The molecule has 3 amide bonds. The van der Waals surface area contributed by atoms with E-state index in [0.29, 0.717) is 37.1 Å². The lowest BCUT2D eigenvalue weighted by atomic mass is 9.81. The molecule has 2 aliphatic heterocycles. The fourth-order valence-electron chi connectivity index (χ4n) is 5.96. The van der Waals surface area contributed by atoms with Gasteiger partial charge in [0.25, 0.3) is 5.91 Å². The maximum atomic E-state index is 13.7. The van der Waals surface area contributed by atoms with Gasteiger partial charge >= 0.3 is 0 Å². The number of hydrogen-bond donors (Lipinski definition) is 2. The number of ether oxygens (including phenoxy) is 1. The molecular weight excluding hydrogens is 528 g/mol. The molecule has 0 radical (unpaired) electrons. The minimum atomic E-state index is -0.777. The third-order valence-corrected chi connectivity index (χ3v) is 8.42. The van der Waals surface area contributed by atoms with Crippen LogP contribution < -0.4 is 15.4 Å². The fraction of sp³-hybridized carbons (Fsp3) is 0.382. The zero-order valence-corrected chi connectivity index (χ0v) is 24.5. The van der Waals surface area contributed by atoms with E-state index >= 15 is 0 Å². The first-order valence-electron chi connectivity index (χ1n) is 14.9. The van der Waals surface area contributed by atoms with Crippen LogP contribution >= 0.6 is 0 Å². The molecule has 42 heavy (non-hydrogen) atoms. The van der Waals surface area contributed by atoms with E-state index in [-0.39, 0.29) is 17.7 Å². The van der Waals surface area contributed by atoms with Gasteiger partial charge in [-0.2, -0.15) is 0 Å². The summed E-state index contributed by atoms with van der Waals surface area (Å²) in [5, 5.41) is 5.71. The van der Waals surface area contributed by atoms with Crippen molar-refractivity contribution in [2.45, 2.75) is 57.2 Å². The Hall–Kier alpha value is -4.17. The first-order valence-corrected chi connectivity index (χ1v) is 14.9. The van der Waals surface area contributed by atoms with Crippen LogP contribution in [-0.4, -0.2) is 65.8 Å². The van der Waals surface area contributed by atoms with Crippen molar-refractivity contribution in [2.75, 3.05) is 26.7 Å². The smallest absolute Gasteiger partial charge is 0.251 e. The molecule has 5 rings (SSSR count). The number of nitrogens with zero attached hydrogens (tertiary/aromatic N) is 2. The minimum absolute atomic E-state index is 0.0105. The Morgan fingerprint density at radius 2 is 1.57 bits per heavy atom. The SMILES string of the molecule is CCCCN1C(=O)C(Cc2ccccc2)NC(=O)C12CCN(Cc1ccc(Oc3ccc(C(=O)NC)cc3)cc1)CC2. The van der Waals surface area contributed by atoms with Crippen molar-refractivity contribution >= 4 is 17.7 Å². The van der Waals surface area contributed by atoms with Gasteiger partial charge in [0.2, 0.25) is 11.8 Å². The number of amides is 3. The second-order valence-electron chi connectivity index (χ2n) is 11.2. The molecule has 220 valence electrons. The Kier molecular flexibility index (Phi) is 9.22. The van der Waals surface area contributed by atoms with E-state index < -0.39 is 11.6 Å². The Morgan fingerprint density at radius 3 is 2.19 bits per heavy atom.